The molecular formula is C17H18ClN3O2S. The third-order valence-electron chi connectivity index (χ3n) is 3.52. The first-order chi connectivity index (χ1) is 11.4. The van der Waals surface area contributed by atoms with Gasteiger partial charge >= 0.3 is 0 Å². The van der Waals surface area contributed by atoms with Gasteiger partial charge in [-0.15, -0.1) is 0 Å². The number of nitro groups is 1. The van der Waals surface area contributed by atoms with Crippen molar-refractivity contribution in [2.75, 3.05) is 5.32 Å². The quantitative estimate of drug-likeness (QED) is 0.447. The number of nitrogens with one attached hydrogen (secondary N) is 2. The van der Waals surface area contributed by atoms with Gasteiger partial charge in [0.1, 0.15) is 0 Å². The Bertz CT molecular complexity index is 738. The van der Waals surface area contributed by atoms with Crippen LogP contribution >= 0.6 is 23.8 Å². The lowest BCUT2D eigenvalue weighted by Crippen LogP contribution is -2.35. The summed E-state index contributed by atoms with van der Waals surface area (Å²) in [6.07, 6.45) is 0. The lowest BCUT2D eigenvalue weighted by molar-refractivity contribution is -0.384. The second-order valence-electron chi connectivity index (χ2n) is 5.65. The summed E-state index contributed by atoms with van der Waals surface area (Å²) in [5.41, 5.74) is 1.47. The van der Waals surface area contributed by atoms with E-state index in [1.165, 1.54) is 18.2 Å². The van der Waals surface area contributed by atoms with Crippen LogP contribution in [0.25, 0.3) is 0 Å². The summed E-state index contributed by atoms with van der Waals surface area (Å²) in [5, 5.41) is 17.8. The third kappa shape index (κ3) is 4.66. The number of non-ortho nitro benzene ring substituents is 1. The molecule has 0 heterocycles. The van der Waals surface area contributed by atoms with Crippen LogP contribution in [0.1, 0.15) is 25.5 Å². The SMILES string of the molecule is CC(C)[C@H](NC(=S)Nc1cc([N+](=O)[O-])ccc1Cl)c1ccccc1. The van der Waals surface area contributed by atoms with E-state index >= 15 is 0 Å². The molecule has 126 valence electrons. The van der Waals surface area contributed by atoms with Crippen molar-refractivity contribution in [3.63, 3.8) is 0 Å². The molecule has 2 aromatic rings. The molecular weight excluding hydrogens is 346 g/mol. The van der Waals surface area contributed by atoms with Crippen molar-refractivity contribution in [1.82, 2.24) is 5.32 Å². The Labute approximate surface area is 151 Å². The van der Waals surface area contributed by atoms with E-state index in [-0.39, 0.29) is 11.7 Å². The average Bonchev–Trinajstić information content (AvgIpc) is 2.55. The topological polar surface area (TPSA) is 67.2 Å². The molecule has 2 N–H and O–H groups in total. The zero-order valence-corrected chi connectivity index (χ0v) is 14.9. The highest BCUT2D eigenvalue weighted by Crippen LogP contribution is 2.27. The van der Waals surface area contributed by atoms with Gasteiger partial charge in [-0.25, -0.2) is 0 Å². The maximum atomic E-state index is 10.9. The monoisotopic (exact) mass is 363 g/mol. The minimum Gasteiger partial charge on any atom is -0.355 e. The first kappa shape index (κ1) is 18.2. The smallest absolute Gasteiger partial charge is 0.271 e. The summed E-state index contributed by atoms with van der Waals surface area (Å²) in [7, 11) is 0. The van der Waals surface area contributed by atoms with Crippen LogP contribution in [0.4, 0.5) is 11.4 Å². The van der Waals surface area contributed by atoms with E-state index in [1.807, 2.05) is 30.3 Å². The summed E-state index contributed by atoms with van der Waals surface area (Å²) >= 11 is 11.4. The standard InChI is InChI=1S/C17H18ClN3O2S/c1-11(2)16(12-6-4-3-5-7-12)20-17(24)19-15-10-13(21(22)23)8-9-14(15)18/h3-11,16H,1-2H3,(H2,19,20,24)/t16-/m0/s1. The lowest BCUT2D eigenvalue weighted by Gasteiger charge is -2.25. The first-order valence-electron chi connectivity index (χ1n) is 7.45. The second-order valence-corrected chi connectivity index (χ2v) is 6.47. The van der Waals surface area contributed by atoms with E-state index in [9.17, 15) is 10.1 Å². The molecule has 0 aliphatic carbocycles. The maximum absolute atomic E-state index is 10.9. The van der Waals surface area contributed by atoms with Gasteiger partial charge in [0.25, 0.3) is 5.69 Å². The molecule has 0 fully saturated rings. The predicted molar refractivity (Wildman–Crippen MR) is 101 cm³/mol. The van der Waals surface area contributed by atoms with Crippen LogP contribution in [0.15, 0.2) is 48.5 Å². The van der Waals surface area contributed by atoms with Crippen molar-refractivity contribution in [3.05, 3.63) is 69.2 Å². The fourth-order valence-electron chi connectivity index (χ4n) is 2.32. The Morgan fingerprint density at radius 2 is 1.88 bits per heavy atom. The highest BCUT2D eigenvalue weighted by Gasteiger charge is 2.17. The fourth-order valence-corrected chi connectivity index (χ4v) is 2.72. The van der Waals surface area contributed by atoms with E-state index in [0.29, 0.717) is 21.7 Å². The molecule has 0 unspecified atom stereocenters. The van der Waals surface area contributed by atoms with Gasteiger partial charge in [0.15, 0.2) is 5.11 Å². The van der Waals surface area contributed by atoms with Gasteiger partial charge in [-0.1, -0.05) is 55.8 Å². The Morgan fingerprint density at radius 1 is 1.21 bits per heavy atom. The van der Waals surface area contributed by atoms with Crippen LogP contribution in [-0.4, -0.2) is 10.0 Å². The Balaban J connectivity index is 2.14. The molecule has 7 heteroatoms. The summed E-state index contributed by atoms with van der Waals surface area (Å²) in [6.45, 7) is 4.18. The Kier molecular flexibility index (Phi) is 6.11. The predicted octanol–water partition coefficient (Wildman–Crippen LogP) is 4.93. The zero-order chi connectivity index (χ0) is 17.7. The van der Waals surface area contributed by atoms with Crippen LogP contribution in [0.2, 0.25) is 5.02 Å². The number of rotatable bonds is 5. The highest BCUT2D eigenvalue weighted by atomic mass is 35.5. The molecule has 0 aliphatic heterocycles. The molecule has 0 saturated carbocycles. The number of anilines is 1. The number of halogens is 1. The number of hydrogen-bond donors (Lipinski definition) is 2. The van der Waals surface area contributed by atoms with Crippen molar-refractivity contribution in [2.45, 2.75) is 19.9 Å². The summed E-state index contributed by atoms with van der Waals surface area (Å²) in [4.78, 5) is 10.4. The molecule has 5 nitrogen and oxygen atoms in total. The van der Waals surface area contributed by atoms with Gasteiger partial charge in [0.05, 0.1) is 21.7 Å². The van der Waals surface area contributed by atoms with E-state index < -0.39 is 4.92 Å². The Morgan fingerprint density at radius 3 is 2.46 bits per heavy atom. The van der Waals surface area contributed by atoms with Crippen LogP contribution in [0, 0.1) is 16.0 Å². The molecule has 0 amide bonds. The van der Waals surface area contributed by atoms with E-state index in [2.05, 4.69) is 24.5 Å². The minimum atomic E-state index is -0.473. The Hall–Kier alpha value is -2.18. The number of nitrogens with zero attached hydrogens (tertiary/aromatic N) is 1. The van der Waals surface area contributed by atoms with Crippen molar-refractivity contribution in [2.24, 2.45) is 5.92 Å². The minimum absolute atomic E-state index is 0.0173. The van der Waals surface area contributed by atoms with Crippen molar-refractivity contribution in [3.8, 4) is 0 Å². The van der Waals surface area contributed by atoms with Gasteiger partial charge in [0.2, 0.25) is 0 Å². The normalized spacial score (nSPS) is 11.8. The molecule has 0 saturated heterocycles. The molecule has 2 aromatic carbocycles. The molecule has 0 bridgehead atoms. The molecule has 24 heavy (non-hydrogen) atoms. The summed E-state index contributed by atoms with van der Waals surface area (Å²) in [5.74, 6) is 0.299. The van der Waals surface area contributed by atoms with Gasteiger partial charge in [-0.05, 0) is 29.8 Å². The van der Waals surface area contributed by atoms with E-state index in [0.717, 1.165) is 5.56 Å². The lowest BCUT2D eigenvalue weighted by atomic mass is 9.96. The molecule has 2 rings (SSSR count). The van der Waals surface area contributed by atoms with Crippen LogP contribution in [0.5, 0.6) is 0 Å². The van der Waals surface area contributed by atoms with Gasteiger partial charge in [-0.3, -0.25) is 10.1 Å². The van der Waals surface area contributed by atoms with Crippen molar-refractivity contribution < 1.29 is 4.92 Å². The van der Waals surface area contributed by atoms with Gasteiger partial charge in [0, 0.05) is 12.1 Å². The van der Waals surface area contributed by atoms with Crippen LogP contribution in [0.3, 0.4) is 0 Å². The van der Waals surface area contributed by atoms with E-state index in [4.69, 9.17) is 23.8 Å². The van der Waals surface area contributed by atoms with Crippen molar-refractivity contribution in [1.29, 1.82) is 0 Å². The maximum Gasteiger partial charge on any atom is 0.271 e. The highest BCUT2D eigenvalue weighted by molar-refractivity contribution is 7.80. The molecule has 0 aliphatic rings. The number of thiocarbonyl (C=S) groups is 1. The average molecular weight is 364 g/mol. The summed E-state index contributed by atoms with van der Waals surface area (Å²) in [6, 6.07) is 14.2. The molecule has 0 aromatic heterocycles. The third-order valence-corrected chi connectivity index (χ3v) is 4.07. The number of benzene rings is 2. The molecule has 1 atom stereocenters. The zero-order valence-electron chi connectivity index (χ0n) is 13.3. The number of nitro benzene ring substituents is 1. The van der Waals surface area contributed by atoms with Gasteiger partial charge < -0.3 is 10.6 Å². The van der Waals surface area contributed by atoms with Crippen LogP contribution < -0.4 is 10.6 Å². The summed E-state index contributed by atoms with van der Waals surface area (Å²) < 4.78 is 0. The molecule has 0 spiro atoms. The van der Waals surface area contributed by atoms with E-state index in [1.54, 1.807) is 0 Å². The fraction of sp³-hybridized carbons (Fsp3) is 0.235. The largest absolute Gasteiger partial charge is 0.355 e. The van der Waals surface area contributed by atoms with Crippen molar-refractivity contribution >= 4 is 40.3 Å². The van der Waals surface area contributed by atoms with Crippen LogP contribution in [-0.2, 0) is 0 Å². The number of hydrogen-bond acceptors (Lipinski definition) is 3. The van der Waals surface area contributed by atoms with Gasteiger partial charge in [-0.2, -0.15) is 0 Å². The molecule has 0 radical (unpaired) electrons. The first-order valence-corrected chi connectivity index (χ1v) is 8.23. The second kappa shape index (κ2) is 8.08.